The topological polar surface area (TPSA) is 109 Å². The second kappa shape index (κ2) is 10.9. The number of likely N-dealkylation sites (N-methyl/N-ethyl adjacent to an activating group) is 1. The predicted octanol–water partition coefficient (Wildman–Crippen LogP) is 5.50. The van der Waals surface area contributed by atoms with Gasteiger partial charge in [0.05, 0.1) is 20.7 Å². The molecule has 0 radical (unpaired) electrons. The van der Waals surface area contributed by atoms with E-state index < -0.39 is 11.6 Å². The van der Waals surface area contributed by atoms with Crippen LogP contribution < -0.4 is 20.5 Å². The van der Waals surface area contributed by atoms with Crippen molar-refractivity contribution in [2.24, 2.45) is 0 Å². The van der Waals surface area contributed by atoms with Crippen molar-refractivity contribution in [2.75, 3.05) is 39.0 Å². The SMILES string of the molecule is CN1CCC[C@H]1COc1nc(OC2CCNCC2)c2cc(Cl)c(-c3ccc(F)c4sc(N)c(C#N)c34)c(F)c2n1. The van der Waals surface area contributed by atoms with Gasteiger partial charge >= 0.3 is 6.01 Å². The zero-order chi connectivity index (χ0) is 28.0. The van der Waals surface area contributed by atoms with E-state index in [0.717, 1.165) is 56.7 Å². The summed E-state index contributed by atoms with van der Waals surface area (Å²) in [5.74, 6) is -1.10. The number of thiophene rings is 1. The predicted molar refractivity (Wildman–Crippen MR) is 152 cm³/mol. The first-order valence-corrected chi connectivity index (χ1v) is 14.4. The van der Waals surface area contributed by atoms with Crippen LogP contribution in [0.25, 0.3) is 32.1 Å². The molecule has 1 atom stereocenters. The number of anilines is 1. The molecular weight excluding hydrogens is 558 g/mol. The number of nitrogens with one attached hydrogen (secondary N) is 1. The number of rotatable bonds is 6. The minimum absolute atomic E-state index is 0.00523. The number of nitrogen functional groups attached to an aromatic ring is 1. The summed E-state index contributed by atoms with van der Waals surface area (Å²) in [5, 5.41) is 13.8. The van der Waals surface area contributed by atoms with Gasteiger partial charge in [-0.25, -0.2) is 8.78 Å². The summed E-state index contributed by atoms with van der Waals surface area (Å²) in [5.41, 5.74) is 6.29. The van der Waals surface area contributed by atoms with Crippen LogP contribution in [0, 0.1) is 23.0 Å². The van der Waals surface area contributed by atoms with Gasteiger partial charge in [-0.2, -0.15) is 15.2 Å². The molecule has 0 unspecified atom stereocenters. The van der Waals surface area contributed by atoms with Gasteiger partial charge in [0.25, 0.3) is 0 Å². The fraction of sp³-hybridized carbons (Fsp3) is 0.393. The van der Waals surface area contributed by atoms with E-state index in [1.54, 1.807) is 6.07 Å². The van der Waals surface area contributed by atoms with E-state index in [9.17, 15) is 9.65 Å². The lowest BCUT2D eigenvalue weighted by Gasteiger charge is -2.24. The summed E-state index contributed by atoms with van der Waals surface area (Å²) in [6, 6.07) is 6.41. The van der Waals surface area contributed by atoms with Crippen molar-refractivity contribution in [3.8, 4) is 29.1 Å². The molecule has 4 heterocycles. The maximum absolute atomic E-state index is 16.5. The van der Waals surface area contributed by atoms with E-state index in [1.807, 2.05) is 13.1 Å². The molecule has 2 saturated heterocycles. The number of hydrogen-bond donors (Lipinski definition) is 2. The monoisotopic (exact) mass is 584 g/mol. The maximum atomic E-state index is 16.5. The van der Waals surface area contributed by atoms with Gasteiger partial charge in [0, 0.05) is 17.0 Å². The van der Waals surface area contributed by atoms with E-state index in [4.69, 9.17) is 26.8 Å². The Morgan fingerprint density at radius 1 is 1.25 bits per heavy atom. The van der Waals surface area contributed by atoms with Crippen molar-refractivity contribution < 1.29 is 18.3 Å². The van der Waals surface area contributed by atoms with Crippen LogP contribution >= 0.6 is 22.9 Å². The Kier molecular flexibility index (Phi) is 7.35. The van der Waals surface area contributed by atoms with Crippen LogP contribution in [-0.2, 0) is 0 Å². The van der Waals surface area contributed by atoms with Gasteiger partial charge in [-0.1, -0.05) is 17.7 Å². The summed E-state index contributed by atoms with van der Waals surface area (Å²) >= 11 is 7.64. The minimum atomic E-state index is -0.746. The van der Waals surface area contributed by atoms with Gasteiger partial charge in [0.15, 0.2) is 5.82 Å². The van der Waals surface area contributed by atoms with Crippen LogP contribution in [0.3, 0.4) is 0 Å². The Balaban J connectivity index is 1.51. The fourth-order valence-corrected chi connectivity index (χ4v) is 6.73. The van der Waals surface area contributed by atoms with Crippen molar-refractivity contribution in [2.45, 2.75) is 37.8 Å². The first-order chi connectivity index (χ1) is 19.4. The number of hydrogen-bond acceptors (Lipinski definition) is 9. The summed E-state index contributed by atoms with van der Waals surface area (Å²) in [6.07, 6.45) is 3.49. The minimum Gasteiger partial charge on any atom is -0.474 e. The molecule has 2 aromatic carbocycles. The number of nitriles is 1. The zero-order valence-electron chi connectivity index (χ0n) is 21.8. The molecule has 0 amide bonds. The van der Waals surface area contributed by atoms with Gasteiger partial charge in [-0.05, 0) is 70.1 Å². The third kappa shape index (κ3) is 4.79. The van der Waals surface area contributed by atoms with Gasteiger partial charge in [-0.15, -0.1) is 11.3 Å². The summed E-state index contributed by atoms with van der Waals surface area (Å²) in [4.78, 5) is 11.2. The van der Waals surface area contributed by atoms with Gasteiger partial charge in [0.2, 0.25) is 5.88 Å². The van der Waals surface area contributed by atoms with Crippen LogP contribution in [0.2, 0.25) is 5.02 Å². The van der Waals surface area contributed by atoms with Crippen LogP contribution in [0.4, 0.5) is 13.8 Å². The van der Waals surface area contributed by atoms with Crippen molar-refractivity contribution >= 4 is 48.9 Å². The molecule has 2 aliphatic rings. The molecule has 12 heteroatoms. The van der Waals surface area contributed by atoms with E-state index >= 15 is 4.39 Å². The molecule has 4 aromatic rings. The lowest BCUT2D eigenvalue weighted by molar-refractivity contribution is 0.152. The number of aromatic nitrogens is 2. The third-order valence-corrected chi connectivity index (χ3v) is 8.99. The Bertz CT molecular complexity index is 1650. The molecular formula is C28H27ClF2N6O2S. The normalized spacial score (nSPS) is 18.4. The van der Waals surface area contributed by atoms with Gasteiger partial charge in [-0.3, -0.25) is 0 Å². The average molecular weight is 585 g/mol. The quantitative estimate of drug-likeness (QED) is 0.306. The van der Waals surface area contributed by atoms with Gasteiger partial charge < -0.3 is 25.4 Å². The summed E-state index contributed by atoms with van der Waals surface area (Å²) < 4.78 is 43.6. The summed E-state index contributed by atoms with van der Waals surface area (Å²) in [7, 11) is 2.04. The molecule has 6 rings (SSSR count). The molecule has 0 bridgehead atoms. The molecule has 0 saturated carbocycles. The standard InChI is InChI=1S/C28H27ClF2N6O2S/c1-37-10-2-3-14(37)13-38-28-35-24-17(27(36-28)39-15-6-8-34-9-7-15)11-19(29)22(23(24)31)16-4-5-20(30)25-21(16)18(12-32)26(33)40-25/h4-5,11,14-15,34H,2-3,6-10,13,33H2,1H3/t14-/m0/s1. The molecule has 2 fully saturated rings. The smallest absolute Gasteiger partial charge is 0.320 e. The molecule has 40 heavy (non-hydrogen) atoms. The number of nitrogens with two attached hydrogens (primary N) is 1. The first kappa shape index (κ1) is 26.9. The van der Waals surface area contributed by atoms with Crippen molar-refractivity contribution in [1.82, 2.24) is 20.2 Å². The molecule has 208 valence electrons. The second-order valence-corrected chi connectivity index (χ2v) is 11.6. The lowest BCUT2D eigenvalue weighted by atomic mass is 9.97. The van der Waals surface area contributed by atoms with Crippen LogP contribution in [-0.4, -0.2) is 60.3 Å². The zero-order valence-corrected chi connectivity index (χ0v) is 23.3. The number of fused-ring (bicyclic) bond motifs is 2. The van der Waals surface area contributed by atoms with E-state index in [0.29, 0.717) is 12.0 Å². The number of ether oxygens (including phenoxy) is 2. The Morgan fingerprint density at radius 3 is 2.77 bits per heavy atom. The van der Waals surface area contributed by atoms with Crippen LogP contribution in [0.5, 0.6) is 11.9 Å². The second-order valence-electron chi connectivity index (χ2n) is 10.2. The fourth-order valence-electron chi connectivity index (χ4n) is 5.49. The first-order valence-electron chi connectivity index (χ1n) is 13.2. The largest absolute Gasteiger partial charge is 0.474 e. The van der Waals surface area contributed by atoms with Crippen molar-refractivity contribution in [3.63, 3.8) is 0 Å². The highest BCUT2D eigenvalue weighted by Gasteiger charge is 2.27. The Hall–Kier alpha value is -3.30. The van der Waals surface area contributed by atoms with Gasteiger partial charge in [0.1, 0.15) is 35.1 Å². The highest BCUT2D eigenvalue weighted by atomic mass is 35.5. The number of likely N-dealkylation sites (tertiary alicyclic amines) is 1. The van der Waals surface area contributed by atoms with E-state index in [2.05, 4.69) is 20.2 Å². The molecule has 3 N–H and O–H groups in total. The number of nitrogens with zero attached hydrogens (tertiary/aromatic N) is 4. The molecule has 8 nitrogen and oxygen atoms in total. The number of benzene rings is 2. The van der Waals surface area contributed by atoms with E-state index in [-0.39, 0.29) is 66.4 Å². The van der Waals surface area contributed by atoms with Crippen molar-refractivity contribution in [1.29, 1.82) is 5.26 Å². The molecule has 2 aromatic heterocycles. The average Bonchev–Trinajstić information content (AvgIpc) is 3.52. The third-order valence-electron chi connectivity index (χ3n) is 7.67. The molecule has 0 aliphatic carbocycles. The maximum Gasteiger partial charge on any atom is 0.320 e. The van der Waals surface area contributed by atoms with Crippen LogP contribution in [0.1, 0.15) is 31.2 Å². The Morgan fingerprint density at radius 2 is 2.05 bits per heavy atom. The molecule has 2 aliphatic heterocycles. The van der Waals surface area contributed by atoms with Crippen molar-refractivity contribution in [3.05, 3.63) is 40.4 Å². The van der Waals surface area contributed by atoms with Crippen LogP contribution in [0.15, 0.2) is 18.2 Å². The molecule has 0 spiro atoms. The highest BCUT2D eigenvalue weighted by molar-refractivity contribution is 7.23. The lowest BCUT2D eigenvalue weighted by Crippen LogP contribution is -2.34. The van der Waals surface area contributed by atoms with E-state index in [1.165, 1.54) is 12.1 Å². The Labute approximate surface area is 238 Å². The number of piperidine rings is 1. The number of halogens is 3. The summed E-state index contributed by atoms with van der Waals surface area (Å²) in [6.45, 7) is 2.94. The highest BCUT2D eigenvalue weighted by Crippen LogP contribution is 2.45.